The maximum absolute atomic E-state index is 13.0. The van der Waals surface area contributed by atoms with Gasteiger partial charge in [0.2, 0.25) is 0 Å². The Bertz CT molecular complexity index is 925. The van der Waals surface area contributed by atoms with E-state index in [1.165, 1.54) is 30.3 Å². The summed E-state index contributed by atoms with van der Waals surface area (Å²) in [7, 11) is 0. The lowest BCUT2D eigenvalue weighted by Gasteiger charge is -2.16. The zero-order chi connectivity index (χ0) is 19.1. The monoisotopic (exact) mass is 401 g/mol. The maximum atomic E-state index is 13.0. The number of imide groups is 1. The van der Waals surface area contributed by atoms with Gasteiger partial charge in [-0.25, -0.2) is 9.29 Å². The molecule has 1 aliphatic heterocycles. The molecule has 1 fully saturated rings. The molecule has 0 N–H and O–H groups in total. The molecular weight excluding hydrogens is 394 g/mol. The van der Waals surface area contributed by atoms with E-state index < -0.39 is 33.7 Å². The first-order valence-corrected chi connectivity index (χ1v) is 8.26. The van der Waals surface area contributed by atoms with Crippen LogP contribution in [0.4, 0.5) is 28.0 Å². The quantitative estimate of drug-likeness (QED) is 0.475. The number of anilines is 1. The van der Waals surface area contributed by atoms with Gasteiger partial charge in [-0.3, -0.25) is 9.59 Å². The number of alkyl halides is 3. The molecule has 0 bridgehead atoms. The van der Waals surface area contributed by atoms with Gasteiger partial charge >= 0.3 is 6.18 Å². The summed E-state index contributed by atoms with van der Waals surface area (Å²) < 4.78 is 51.9. The topological polar surface area (TPSA) is 37.4 Å². The molecule has 2 aromatic carbocycles. The predicted octanol–water partition coefficient (Wildman–Crippen LogP) is 5.74. The van der Waals surface area contributed by atoms with Gasteiger partial charge in [-0.2, -0.15) is 13.2 Å². The Morgan fingerprint density at radius 3 is 2.31 bits per heavy atom. The van der Waals surface area contributed by atoms with Gasteiger partial charge in [0, 0.05) is 0 Å². The lowest BCUT2D eigenvalue weighted by molar-refractivity contribution is -0.137. The standard InChI is InChI=1S/C17H8ClF4NO2S/c18-13-6-5-11(8-12(13)17(20,21)22)23-15(24)14(26-16(23)25)7-9-1-3-10(19)4-2-9/h1-8H/b14-7-. The van der Waals surface area contributed by atoms with Crippen LogP contribution in [0, 0.1) is 5.82 Å². The zero-order valence-corrected chi connectivity index (χ0v) is 14.3. The molecule has 1 aliphatic rings. The Morgan fingerprint density at radius 1 is 1.04 bits per heavy atom. The number of rotatable bonds is 2. The van der Waals surface area contributed by atoms with Crippen LogP contribution in [0.25, 0.3) is 6.08 Å². The third-order valence-corrected chi connectivity index (χ3v) is 4.67. The molecule has 2 aromatic rings. The molecule has 0 aromatic heterocycles. The number of nitrogens with zero attached hydrogens (tertiary/aromatic N) is 1. The number of halogens is 5. The number of thioether (sulfide) groups is 1. The number of hydrogen-bond acceptors (Lipinski definition) is 3. The van der Waals surface area contributed by atoms with Crippen molar-refractivity contribution < 1.29 is 27.2 Å². The second-order valence-electron chi connectivity index (χ2n) is 5.23. The van der Waals surface area contributed by atoms with Gasteiger partial charge in [-0.1, -0.05) is 23.7 Å². The van der Waals surface area contributed by atoms with Gasteiger partial charge in [-0.15, -0.1) is 0 Å². The summed E-state index contributed by atoms with van der Waals surface area (Å²) in [6, 6.07) is 7.98. The summed E-state index contributed by atoms with van der Waals surface area (Å²) in [6.45, 7) is 0. The zero-order valence-electron chi connectivity index (χ0n) is 12.7. The molecule has 0 radical (unpaired) electrons. The number of benzene rings is 2. The summed E-state index contributed by atoms with van der Waals surface area (Å²) in [6.07, 6.45) is -3.36. The SMILES string of the molecule is O=C1S/C(=C\c2ccc(F)cc2)C(=O)N1c1ccc(Cl)c(C(F)(F)F)c1. The molecule has 3 nitrogen and oxygen atoms in total. The molecule has 0 saturated carbocycles. The lowest BCUT2D eigenvalue weighted by atomic mass is 10.1. The summed E-state index contributed by atoms with van der Waals surface area (Å²) >= 11 is 6.14. The minimum absolute atomic E-state index is 0.0186. The highest BCUT2D eigenvalue weighted by molar-refractivity contribution is 8.19. The van der Waals surface area contributed by atoms with Crippen molar-refractivity contribution in [1.82, 2.24) is 0 Å². The molecule has 9 heteroatoms. The fourth-order valence-electron chi connectivity index (χ4n) is 2.27. The molecule has 0 unspecified atom stereocenters. The number of carbonyl (C=O) groups is 2. The highest BCUT2D eigenvalue weighted by atomic mass is 35.5. The average molecular weight is 402 g/mol. The van der Waals surface area contributed by atoms with Gasteiger partial charge < -0.3 is 0 Å². The Hall–Kier alpha value is -2.32. The number of hydrogen-bond donors (Lipinski definition) is 0. The van der Waals surface area contributed by atoms with E-state index in [9.17, 15) is 27.2 Å². The van der Waals surface area contributed by atoms with Crippen molar-refractivity contribution in [1.29, 1.82) is 0 Å². The Labute approximate surface area is 154 Å². The van der Waals surface area contributed by atoms with Crippen molar-refractivity contribution in [3.8, 4) is 0 Å². The van der Waals surface area contributed by atoms with E-state index >= 15 is 0 Å². The van der Waals surface area contributed by atoms with E-state index in [0.29, 0.717) is 28.3 Å². The smallest absolute Gasteiger partial charge is 0.268 e. The molecule has 0 atom stereocenters. The molecule has 26 heavy (non-hydrogen) atoms. The van der Waals surface area contributed by atoms with Crippen molar-refractivity contribution >= 4 is 46.3 Å². The molecule has 1 saturated heterocycles. The van der Waals surface area contributed by atoms with Crippen molar-refractivity contribution in [2.45, 2.75) is 6.18 Å². The van der Waals surface area contributed by atoms with Crippen LogP contribution in [0.3, 0.4) is 0 Å². The molecule has 1 heterocycles. The van der Waals surface area contributed by atoms with Crippen molar-refractivity contribution in [3.05, 3.63) is 69.3 Å². The van der Waals surface area contributed by atoms with Crippen LogP contribution in [0.5, 0.6) is 0 Å². The fourth-order valence-corrected chi connectivity index (χ4v) is 3.34. The summed E-state index contributed by atoms with van der Waals surface area (Å²) in [5.74, 6) is -1.23. The van der Waals surface area contributed by atoms with Crippen LogP contribution in [-0.2, 0) is 11.0 Å². The normalized spacial score (nSPS) is 16.7. The van der Waals surface area contributed by atoms with Gasteiger partial charge in [0.25, 0.3) is 11.1 Å². The fraction of sp³-hybridized carbons (Fsp3) is 0.0588. The molecule has 134 valence electrons. The Kier molecular flexibility index (Phi) is 4.81. The first-order valence-electron chi connectivity index (χ1n) is 7.07. The third kappa shape index (κ3) is 3.61. The van der Waals surface area contributed by atoms with Crippen LogP contribution in [-0.4, -0.2) is 11.1 Å². The second-order valence-corrected chi connectivity index (χ2v) is 6.63. The Balaban J connectivity index is 1.96. The predicted molar refractivity (Wildman–Crippen MR) is 91.3 cm³/mol. The molecule has 2 amide bonds. The molecule has 0 aliphatic carbocycles. The highest BCUT2D eigenvalue weighted by Gasteiger charge is 2.39. The second kappa shape index (κ2) is 6.77. The minimum atomic E-state index is -4.72. The molecule has 0 spiro atoms. The van der Waals surface area contributed by atoms with Crippen molar-refractivity contribution in [3.63, 3.8) is 0 Å². The van der Waals surface area contributed by atoms with E-state index in [1.54, 1.807) is 0 Å². The number of carbonyl (C=O) groups excluding carboxylic acids is 2. The van der Waals surface area contributed by atoms with Gasteiger partial charge in [0.05, 0.1) is 21.2 Å². The van der Waals surface area contributed by atoms with Gasteiger partial charge in [0.1, 0.15) is 5.82 Å². The van der Waals surface area contributed by atoms with Crippen LogP contribution in [0.1, 0.15) is 11.1 Å². The average Bonchev–Trinajstić information content (AvgIpc) is 2.83. The first-order chi connectivity index (χ1) is 12.2. The Morgan fingerprint density at radius 2 is 1.69 bits per heavy atom. The van der Waals surface area contributed by atoms with Crippen molar-refractivity contribution in [2.75, 3.05) is 4.90 Å². The summed E-state index contributed by atoms with van der Waals surface area (Å²) in [5, 5.41) is -1.27. The van der Waals surface area contributed by atoms with Crippen molar-refractivity contribution in [2.24, 2.45) is 0 Å². The van der Waals surface area contributed by atoms with Crippen LogP contribution < -0.4 is 4.90 Å². The third-order valence-electron chi connectivity index (χ3n) is 3.48. The summed E-state index contributed by atoms with van der Waals surface area (Å²) in [4.78, 5) is 25.3. The van der Waals surface area contributed by atoms with Crippen LogP contribution >= 0.6 is 23.4 Å². The van der Waals surface area contributed by atoms with E-state index in [-0.39, 0.29) is 10.6 Å². The van der Waals surface area contributed by atoms with E-state index in [1.807, 2.05) is 0 Å². The van der Waals surface area contributed by atoms with E-state index in [4.69, 9.17) is 11.6 Å². The molecular formula is C17H8ClF4NO2S. The van der Waals surface area contributed by atoms with Gasteiger partial charge in [-0.05, 0) is 53.7 Å². The van der Waals surface area contributed by atoms with E-state index in [0.717, 1.165) is 12.1 Å². The maximum Gasteiger partial charge on any atom is 0.417 e. The lowest BCUT2D eigenvalue weighted by Crippen LogP contribution is -2.28. The largest absolute Gasteiger partial charge is 0.417 e. The van der Waals surface area contributed by atoms with E-state index in [2.05, 4.69) is 0 Å². The summed E-state index contributed by atoms with van der Waals surface area (Å²) in [5.41, 5.74) is -0.894. The first kappa shape index (κ1) is 18.5. The molecule has 3 rings (SSSR count). The minimum Gasteiger partial charge on any atom is -0.268 e. The highest BCUT2D eigenvalue weighted by Crippen LogP contribution is 2.40. The number of amides is 2. The van der Waals surface area contributed by atoms with Crippen LogP contribution in [0.15, 0.2) is 47.4 Å². The van der Waals surface area contributed by atoms with Crippen LogP contribution in [0.2, 0.25) is 5.02 Å². The van der Waals surface area contributed by atoms with Gasteiger partial charge in [0.15, 0.2) is 0 Å².